The molecule has 0 aromatic carbocycles. The van der Waals surface area contributed by atoms with E-state index in [1.807, 2.05) is 6.92 Å². The second-order valence-electron chi connectivity index (χ2n) is 21.7. The molecule has 0 bridgehead atoms. The second kappa shape index (κ2) is 19.8. The van der Waals surface area contributed by atoms with E-state index in [4.69, 9.17) is 18.0 Å². The van der Waals surface area contributed by atoms with Crippen molar-refractivity contribution in [2.75, 3.05) is 6.54 Å². The Balaban J connectivity index is 2.56. The Kier molecular flexibility index (Phi) is 18.0. The molecule has 8 atom stereocenters. The monoisotopic (exact) mass is 822 g/mol. The lowest BCUT2D eigenvalue weighted by Crippen LogP contribution is -2.49. The van der Waals surface area contributed by atoms with Gasteiger partial charge in [0.1, 0.15) is 6.10 Å². The van der Waals surface area contributed by atoms with Gasteiger partial charge in [-0.05, 0) is 104 Å². The van der Waals surface area contributed by atoms with Crippen LogP contribution in [0.25, 0.3) is 0 Å². The topological polar surface area (TPSA) is 83.1 Å². The molecule has 0 radical (unpaired) electrons. The highest BCUT2D eigenvalue weighted by Crippen LogP contribution is 2.47. The van der Waals surface area contributed by atoms with Gasteiger partial charge in [0.15, 0.2) is 25.0 Å². The maximum atomic E-state index is 13.5. The summed E-state index contributed by atoms with van der Waals surface area (Å²) in [5.41, 5.74) is 1.24. The van der Waals surface area contributed by atoms with Gasteiger partial charge in [-0.25, -0.2) is 0 Å². The molecule has 1 amide bonds. The lowest BCUT2D eigenvalue weighted by atomic mass is 9.66. The maximum absolute atomic E-state index is 13.5. The molecule has 320 valence electrons. The molecule has 0 heterocycles. The minimum atomic E-state index is -2.20. The molecule has 0 aromatic rings. The summed E-state index contributed by atoms with van der Waals surface area (Å²) in [7, 11) is -6.45. The number of carbonyl (C=O) groups is 2. The molecule has 0 aliphatic heterocycles. The maximum Gasteiger partial charge on any atom is 0.308 e. The molecule has 0 saturated carbocycles. The highest BCUT2D eigenvalue weighted by molar-refractivity contribution is 6.75. The molecular weight excluding hydrogens is 735 g/mol. The van der Waals surface area contributed by atoms with Gasteiger partial charge in [-0.3, -0.25) is 9.59 Å². The van der Waals surface area contributed by atoms with Gasteiger partial charge in [-0.1, -0.05) is 115 Å². The van der Waals surface area contributed by atoms with E-state index in [1.54, 1.807) is 0 Å². The van der Waals surface area contributed by atoms with E-state index in [0.29, 0.717) is 31.7 Å². The van der Waals surface area contributed by atoms with Crippen molar-refractivity contribution in [3.63, 3.8) is 0 Å². The first-order valence-electron chi connectivity index (χ1n) is 21.9. The van der Waals surface area contributed by atoms with Crippen LogP contribution in [0.2, 0.25) is 54.4 Å². The number of ether oxygens (including phenoxy) is 1. The lowest BCUT2D eigenvalue weighted by molar-refractivity contribution is -0.159. The van der Waals surface area contributed by atoms with Crippen molar-refractivity contribution in [1.29, 1.82) is 0 Å². The molecule has 2 rings (SSSR count). The number of hydrogen-bond donors (Lipinski definition) is 1. The lowest BCUT2D eigenvalue weighted by Gasteiger charge is -2.46. The van der Waals surface area contributed by atoms with Crippen LogP contribution >= 0.6 is 0 Å². The number of nitrogens with one attached hydrogen (secondary N) is 1. The predicted octanol–water partition coefficient (Wildman–Crippen LogP) is 12.4. The van der Waals surface area contributed by atoms with Crippen LogP contribution in [-0.2, 0) is 27.6 Å². The Bertz CT molecular complexity index is 1300. The average molecular weight is 822 g/mol. The van der Waals surface area contributed by atoms with Gasteiger partial charge in [0.2, 0.25) is 5.91 Å². The van der Waals surface area contributed by atoms with Crippen LogP contribution in [0.1, 0.15) is 141 Å². The first-order chi connectivity index (χ1) is 25.0. The van der Waals surface area contributed by atoms with Gasteiger partial charge in [-0.15, -0.1) is 0 Å². The zero-order chi connectivity index (χ0) is 42.4. The van der Waals surface area contributed by atoms with Crippen molar-refractivity contribution in [2.24, 2.45) is 23.7 Å². The third kappa shape index (κ3) is 14.3. The summed E-state index contributed by atoms with van der Waals surface area (Å²) in [6, 6.07) is 0. The molecule has 1 N–H and O–H groups in total. The molecule has 0 aromatic heterocycles. The van der Waals surface area contributed by atoms with Gasteiger partial charge in [-0.2, -0.15) is 0 Å². The number of esters is 1. The molecule has 10 heteroatoms. The van der Waals surface area contributed by atoms with Gasteiger partial charge in [0.25, 0.3) is 0 Å². The molecule has 7 nitrogen and oxygen atoms in total. The minimum Gasteiger partial charge on any atom is -0.461 e. The van der Waals surface area contributed by atoms with E-state index >= 15 is 0 Å². The smallest absolute Gasteiger partial charge is 0.308 e. The first kappa shape index (κ1) is 50.1. The number of unbranched alkanes of at least 4 members (excludes halogenated alkanes) is 1. The number of allylic oxidation sites excluding steroid dienone is 2. The minimum absolute atomic E-state index is 0.0151. The zero-order valence-corrected chi connectivity index (χ0v) is 42.2. The Morgan fingerprint density at radius 3 is 1.91 bits per heavy atom. The summed E-state index contributed by atoms with van der Waals surface area (Å²) in [4.78, 5) is 26.9. The second-order valence-corrected chi connectivity index (χ2v) is 36.0. The molecular formula is C45H87NO6Si3. The zero-order valence-electron chi connectivity index (χ0n) is 39.2. The SMILES string of the molecule is CCCCNC(=O)C[C@@H](C[C@@H](CC[C@@H]1[C@@H]2C(=C[C@@H](O[Si](C)(C)C(C)(C)C)C[C@@H]2OC(=O)[C@@H](C)CC)C=C[C@@H]1C)O[Si](C)(C)C(C)(C)C)O[Si](C)(C)C(C)(C)C. The van der Waals surface area contributed by atoms with Gasteiger partial charge in [0, 0.05) is 25.0 Å². The summed E-state index contributed by atoms with van der Waals surface area (Å²) in [6.07, 6.45) is 12.6. The molecule has 2 aliphatic rings. The highest BCUT2D eigenvalue weighted by Gasteiger charge is 2.47. The van der Waals surface area contributed by atoms with Crippen LogP contribution in [0.15, 0.2) is 23.8 Å². The third-order valence-electron chi connectivity index (χ3n) is 14.0. The van der Waals surface area contributed by atoms with E-state index in [0.717, 1.165) is 32.1 Å². The van der Waals surface area contributed by atoms with Gasteiger partial charge >= 0.3 is 5.97 Å². The van der Waals surface area contributed by atoms with E-state index in [9.17, 15) is 9.59 Å². The molecule has 2 aliphatic carbocycles. The van der Waals surface area contributed by atoms with Crippen molar-refractivity contribution >= 4 is 36.8 Å². The Morgan fingerprint density at radius 2 is 1.40 bits per heavy atom. The fraction of sp³-hybridized carbons (Fsp3) is 0.867. The number of amides is 1. The van der Waals surface area contributed by atoms with E-state index in [1.165, 1.54) is 5.57 Å². The Hall–Kier alpha value is -1.05. The summed E-state index contributed by atoms with van der Waals surface area (Å²) in [5, 5.41) is 3.29. The normalized spacial score (nSPS) is 24.4. The molecule has 0 fully saturated rings. The van der Waals surface area contributed by atoms with Crippen LogP contribution in [0, 0.1) is 23.7 Å². The molecule has 55 heavy (non-hydrogen) atoms. The van der Waals surface area contributed by atoms with E-state index in [-0.39, 0.29) is 69.2 Å². The van der Waals surface area contributed by atoms with Gasteiger partial charge in [0.05, 0.1) is 24.5 Å². The first-order valence-corrected chi connectivity index (χ1v) is 30.6. The van der Waals surface area contributed by atoms with Crippen molar-refractivity contribution in [3.05, 3.63) is 23.8 Å². The summed E-state index contributed by atoms with van der Waals surface area (Å²) < 4.78 is 27.9. The Labute approximate surface area is 342 Å². The van der Waals surface area contributed by atoms with Crippen molar-refractivity contribution in [1.82, 2.24) is 5.32 Å². The van der Waals surface area contributed by atoms with E-state index in [2.05, 4.69) is 146 Å². The number of rotatable bonds is 19. The summed E-state index contributed by atoms with van der Waals surface area (Å²) in [5.74, 6) is 0.465. The third-order valence-corrected chi connectivity index (χ3v) is 27.6. The van der Waals surface area contributed by atoms with Crippen molar-refractivity contribution < 1.29 is 27.6 Å². The number of hydrogen-bond acceptors (Lipinski definition) is 6. The van der Waals surface area contributed by atoms with Crippen LogP contribution in [0.5, 0.6) is 0 Å². The average Bonchev–Trinajstić information content (AvgIpc) is 3.01. The van der Waals surface area contributed by atoms with Gasteiger partial charge < -0.3 is 23.3 Å². The predicted molar refractivity (Wildman–Crippen MR) is 240 cm³/mol. The van der Waals surface area contributed by atoms with Crippen molar-refractivity contribution in [3.8, 4) is 0 Å². The van der Waals surface area contributed by atoms with E-state index < -0.39 is 25.0 Å². The van der Waals surface area contributed by atoms with Crippen LogP contribution in [0.4, 0.5) is 0 Å². The van der Waals surface area contributed by atoms with Crippen LogP contribution in [-0.4, -0.2) is 67.8 Å². The summed E-state index contributed by atoms with van der Waals surface area (Å²) in [6.45, 7) is 43.6. The molecule has 0 unspecified atom stereocenters. The number of fused-ring (bicyclic) bond motifs is 1. The standard InChI is InChI=1S/C45H87NO6Si3/c1-20-22-27-46-40(47)31-37(52-55(18,19)45(11,12)13)29-35(50-53(14,15)43(5,6)7)25-26-38-33(4)23-24-34-28-36(51-54(16,17)44(8,9)10)30-39(41(34)38)49-42(48)32(3)21-2/h23-24,28,32-33,35-39,41H,20-22,25-27,29-31H2,1-19H3,(H,46,47)/t32-,33-,35+,36+,37+,38-,39-,41-/m0/s1. The summed E-state index contributed by atoms with van der Waals surface area (Å²) >= 11 is 0. The molecule has 0 saturated heterocycles. The quantitative estimate of drug-likeness (QED) is 0.0794. The largest absolute Gasteiger partial charge is 0.461 e. The van der Waals surface area contributed by atoms with Crippen LogP contribution in [0.3, 0.4) is 0 Å². The molecule has 0 spiro atoms. The highest BCUT2D eigenvalue weighted by atomic mass is 28.4. The number of carbonyl (C=O) groups excluding carboxylic acids is 2. The van der Waals surface area contributed by atoms with Crippen molar-refractivity contribution in [2.45, 2.75) is 220 Å². The fourth-order valence-corrected chi connectivity index (χ4v) is 11.0. The fourth-order valence-electron chi connectivity index (χ4n) is 6.98. The van der Waals surface area contributed by atoms with Crippen LogP contribution < -0.4 is 5.32 Å². The Morgan fingerprint density at radius 1 is 0.855 bits per heavy atom.